The van der Waals surface area contributed by atoms with Crippen LogP contribution in [0.1, 0.15) is 49.9 Å². The van der Waals surface area contributed by atoms with E-state index in [2.05, 4.69) is 6.92 Å². The molecule has 19 heavy (non-hydrogen) atoms. The fraction of sp³-hybridized carbons (Fsp3) is 0.500. The Balaban J connectivity index is 2.51. The predicted molar refractivity (Wildman–Crippen MR) is 72.1 cm³/mol. The van der Waals surface area contributed by atoms with E-state index in [-0.39, 0.29) is 11.8 Å². The average molecular weight is 265 g/mol. The van der Waals surface area contributed by atoms with E-state index >= 15 is 0 Å². The van der Waals surface area contributed by atoms with Crippen LogP contribution in [0.3, 0.4) is 0 Å². The molecule has 1 atom stereocenters. The minimum absolute atomic E-state index is 0.0347. The summed E-state index contributed by atoms with van der Waals surface area (Å²) in [4.78, 5) is 21.8. The highest BCUT2D eigenvalue weighted by atomic mass is 16.6. The van der Waals surface area contributed by atoms with Crippen LogP contribution in [0.5, 0.6) is 0 Å². The van der Waals surface area contributed by atoms with Gasteiger partial charge < -0.3 is 4.74 Å². The average Bonchev–Trinajstić information content (AvgIpc) is 2.39. The molecule has 0 saturated carbocycles. The van der Waals surface area contributed by atoms with Crippen molar-refractivity contribution in [3.8, 4) is 0 Å². The minimum atomic E-state index is -0.498. The van der Waals surface area contributed by atoms with Crippen LogP contribution >= 0.6 is 0 Å². The Kier molecular flexibility index (Phi) is 5.99. The molecule has 1 rings (SSSR count). The zero-order valence-corrected chi connectivity index (χ0v) is 11.3. The van der Waals surface area contributed by atoms with E-state index in [1.54, 1.807) is 0 Å². The summed E-state index contributed by atoms with van der Waals surface area (Å²) >= 11 is 0. The number of carbonyl (C=O) groups excluding carboxylic acids is 1. The number of benzene rings is 1. The molecule has 0 radical (unpaired) electrons. The number of rotatable bonds is 7. The molecule has 1 aromatic rings. The van der Waals surface area contributed by atoms with Crippen LogP contribution in [0.25, 0.3) is 0 Å². The van der Waals surface area contributed by atoms with E-state index < -0.39 is 10.9 Å². The Morgan fingerprint density at radius 1 is 1.32 bits per heavy atom. The van der Waals surface area contributed by atoms with Crippen molar-refractivity contribution in [2.24, 2.45) is 0 Å². The number of nitro groups is 1. The van der Waals surface area contributed by atoms with Crippen LogP contribution in [0.4, 0.5) is 5.69 Å². The summed E-state index contributed by atoms with van der Waals surface area (Å²) in [5, 5.41) is 10.5. The number of nitrogens with zero attached hydrogens (tertiary/aromatic N) is 1. The summed E-state index contributed by atoms with van der Waals surface area (Å²) in [6.45, 7) is 3.98. The lowest BCUT2D eigenvalue weighted by Crippen LogP contribution is -2.15. The Labute approximate surface area is 112 Å². The van der Waals surface area contributed by atoms with E-state index in [0.717, 1.165) is 25.7 Å². The monoisotopic (exact) mass is 265 g/mol. The molecule has 0 bridgehead atoms. The van der Waals surface area contributed by atoms with Crippen LogP contribution < -0.4 is 0 Å². The third-order valence-corrected chi connectivity index (χ3v) is 2.84. The molecule has 5 heteroatoms. The topological polar surface area (TPSA) is 69.4 Å². The van der Waals surface area contributed by atoms with Crippen LogP contribution in [-0.4, -0.2) is 17.0 Å². The van der Waals surface area contributed by atoms with Crippen molar-refractivity contribution in [2.45, 2.75) is 45.6 Å². The van der Waals surface area contributed by atoms with Gasteiger partial charge in [-0.2, -0.15) is 0 Å². The SMILES string of the molecule is CCCCCC(C)OC(=O)c1ccc([N+](=O)[O-])cc1. The first-order chi connectivity index (χ1) is 9.04. The van der Waals surface area contributed by atoms with Gasteiger partial charge >= 0.3 is 5.97 Å². The highest BCUT2D eigenvalue weighted by Gasteiger charge is 2.13. The second-order valence-corrected chi connectivity index (χ2v) is 4.52. The fourth-order valence-corrected chi connectivity index (χ4v) is 1.71. The standard InChI is InChI=1S/C14H19NO4/c1-3-4-5-6-11(2)19-14(16)12-7-9-13(10-8-12)15(17)18/h7-11H,3-6H2,1-2H3. The Morgan fingerprint density at radius 2 is 1.95 bits per heavy atom. The number of ether oxygens (including phenoxy) is 1. The van der Waals surface area contributed by atoms with Gasteiger partial charge in [-0.15, -0.1) is 0 Å². The number of hydrogen-bond donors (Lipinski definition) is 0. The number of non-ortho nitro benzene ring substituents is 1. The van der Waals surface area contributed by atoms with Crippen molar-refractivity contribution in [3.63, 3.8) is 0 Å². The van der Waals surface area contributed by atoms with E-state index in [1.165, 1.54) is 24.3 Å². The normalized spacial score (nSPS) is 11.9. The first kappa shape index (κ1) is 15.1. The van der Waals surface area contributed by atoms with Crippen LogP contribution in [0.2, 0.25) is 0 Å². The second-order valence-electron chi connectivity index (χ2n) is 4.52. The quantitative estimate of drug-likeness (QED) is 0.326. The van der Waals surface area contributed by atoms with Crippen molar-refractivity contribution in [1.29, 1.82) is 0 Å². The molecule has 0 heterocycles. The molecular weight excluding hydrogens is 246 g/mol. The van der Waals surface area contributed by atoms with Crippen LogP contribution in [0.15, 0.2) is 24.3 Å². The van der Waals surface area contributed by atoms with Gasteiger partial charge in [0.15, 0.2) is 0 Å². The van der Waals surface area contributed by atoms with Gasteiger partial charge in [0.05, 0.1) is 16.6 Å². The Bertz CT molecular complexity index is 428. The molecule has 0 aromatic heterocycles. The lowest BCUT2D eigenvalue weighted by Gasteiger charge is -2.12. The number of unbranched alkanes of at least 4 members (excludes halogenated alkanes) is 2. The molecule has 0 N–H and O–H groups in total. The molecule has 5 nitrogen and oxygen atoms in total. The van der Waals surface area contributed by atoms with Gasteiger partial charge in [0.1, 0.15) is 0 Å². The third-order valence-electron chi connectivity index (χ3n) is 2.84. The summed E-state index contributed by atoms with van der Waals surface area (Å²) in [6, 6.07) is 5.44. The first-order valence-corrected chi connectivity index (χ1v) is 6.50. The van der Waals surface area contributed by atoms with Crippen LogP contribution in [-0.2, 0) is 4.74 Å². The number of nitro benzene ring substituents is 1. The lowest BCUT2D eigenvalue weighted by atomic mass is 10.1. The summed E-state index contributed by atoms with van der Waals surface area (Å²) in [6.07, 6.45) is 3.99. The summed E-state index contributed by atoms with van der Waals surface area (Å²) in [7, 11) is 0. The molecule has 0 aliphatic carbocycles. The van der Waals surface area contributed by atoms with Gasteiger partial charge in [-0.1, -0.05) is 19.8 Å². The smallest absolute Gasteiger partial charge is 0.338 e. The highest BCUT2D eigenvalue weighted by Crippen LogP contribution is 2.14. The van der Waals surface area contributed by atoms with Gasteiger partial charge in [0, 0.05) is 12.1 Å². The van der Waals surface area contributed by atoms with Crippen molar-refractivity contribution >= 4 is 11.7 Å². The summed E-state index contributed by atoms with van der Waals surface area (Å²) in [5.41, 5.74) is 0.306. The van der Waals surface area contributed by atoms with E-state index in [1.807, 2.05) is 6.92 Å². The minimum Gasteiger partial charge on any atom is -0.459 e. The Hall–Kier alpha value is -1.91. The zero-order chi connectivity index (χ0) is 14.3. The molecule has 0 amide bonds. The van der Waals surface area contributed by atoms with E-state index in [9.17, 15) is 14.9 Å². The van der Waals surface area contributed by atoms with Gasteiger partial charge in [0.2, 0.25) is 0 Å². The van der Waals surface area contributed by atoms with Crippen molar-refractivity contribution < 1.29 is 14.5 Å². The maximum atomic E-state index is 11.8. The number of carbonyl (C=O) groups is 1. The summed E-state index contributed by atoms with van der Waals surface area (Å²) in [5.74, 6) is -0.432. The first-order valence-electron chi connectivity index (χ1n) is 6.50. The van der Waals surface area contributed by atoms with Gasteiger partial charge in [-0.25, -0.2) is 4.79 Å². The summed E-state index contributed by atoms with van der Waals surface area (Å²) < 4.78 is 5.27. The number of esters is 1. The van der Waals surface area contributed by atoms with Crippen molar-refractivity contribution in [1.82, 2.24) is 0 Å². The molecule has 1 unspecified atom stereocenters. The van der Waals surface area contributed by atoms with Crippen molar-refractivity contribution in [3.05, 3.63) is 39.9 Å². The maximum absolute atomic E-state index is 11.8. The predicted octanol–water partition coefficient (Wildman–Crippen LogP) is 3.72. The molecule has 0 spiro atoms. The lowest BCUT2D eigenvalue weighted by molar-refractivity contribution is -0.384. The molecule has 0 saturated heterocycles. The maximum Gasteiger partial charge on any atom is 0.338 e. The molecule has 0 aliphatic heterocycles. The van der Waals surface area contributed by atoms with E-state index in [4.69, 9.17) is 4.74 Å². The van der Waals surface area contributed by atoms with Gasteiger partial charge in [-0.3, -0.25) is 10.1 Å². The van der Waals surface area contributed by atoms with Gasteiger partial charge in [0.25, 0.3) is 5.69 Å². The number of hydrogen-bond acceptors (Lipinski definition) is 4. The molecule has 1 aromatic carbocycles. The highest BCUT2D eigenvalue weighted by molar-refractivity contribution is 5.89. The third kappa shape index (κ3) is 5.07. The van der Waals surface area contributed by atoms with Crippen LogP contribution in [0, 0.1) is 10.1 Å². The molecule has 0 fully saturated rings. The fourth-order valence-electron chi connectivity index (χ4n) is 1.71. The second kappa shape index (κ2) is 7.51. The zero-order valence-electron chi connectivity index (χ0n) is 11.3. The molecule has 104 valence electrons. The molecule has 0 aliphatic rings. The van der Waals surface area contributed by atoms with E-state index in [0.29, 0.717) is 5.56 Å². The van der Waals surface area contributed by atoms with Gasteiger partial charge in [-0.05, 0) is 31.9 Å². The van der Waals surface area contributed by atoms with Crippen molar-refractivity contribution in [2.75, 3.05) is 0 Å². The Morgan fingerprint density at radius 3 is 2.47 bits per heavy atom. The largest absolute Gasteiger partial charge is 0.459 e. The molecular formula is C14H19NO4.